The molecule has 0 spiro atoms. The third kappa shape index (κ3) is 4.15. The number of carbonyl (C=O) groups is 1. The first-order valence-electron chi connectivity index (χ1n) is 9.32. The maximum Gasteiger partial charge on any atom is 0.223 e. The Balaban J connectivity index is 1.59. The maximum atomic E-state index is 12.8. The van der Waals surface area contributed by atoms with Crippen LogP contribution < -0.4 is 4.74 Å². The highest BCUT2D eigenvalue weighted by molar-refractivity contribution is 5.77. The highest BCUT2D eigenvalue weighted by Gasteiger charge is 2.36. The van der Waals surface area contributed by atoms with E-state index < -0.39 is 0 Å². The van der Waals surface area contributed by atoms with Crippen molar-refractivity contribution in [3.63, 3.8) is 0 Å². The Morgan fingerprint density at radius 3 is 2.72 bits per heavy atom. The number of methoxy groups -OCH3 is 1. The van der Waals surface area contributed by atoms with E-state index in [4.69, 9.17) is 9.47 Å². The molecular formula is C20H30N2O3. The number of carbonyl (C=O) groups excluding carboxylic acids is 1. The molecule has 5 heteroatoms. The molecule has 1 aromatic carbocycles. The first-order valence-corrected chi connectivity index (χ1v) is 9.32. The van der Waals surface area contributed by atoms with Crippen LogP contribution in [0.4, 0.5) is 0 Å². The molecule has 0 bridgehead atoms. The molecule has 0 aliphatic carbocycles. The van der Waals surface area contributed by atoms with Gasteiger partial charge in [0.25, 0.3) is 0 Å². The average Bonchev–Trinajstić information content (AvgIpc) is 3.04. The second-order valence-corrected chi connectivity index (χ2v) is 7.34. The predicted octanol–water partition coefficient (Wildman–Crippen LogP) is 2.37. The van der Waals surface area contributed by atoms with E-state index in [2.05, 4.69) is 29.7 Å². The van der Waals surface area contributed by atoms with Gasteiger partial charge in [0.2, 0.25) is 5.91 Å². The molecule has 2 heterocycles. The minimum absolute atomic E-state index is 0.154. The van der Waals surface area contributed by atoms with E-state index in [0.29, 0.717) is 18.4 Å². The lowest BCUT2D eigenvalue weighted by atomic mass is 9.96. The summed E-state index contributed by atoms with van der Waals surface area (Å²) in [7, 11) is 1.68. The van der Waals surface area contributed by atoms with Crippen LogP contribution in [0.2, 0.25) is 0 Å². The molecule has 0 aromatic heterocycles. The number of hydrogen-bond donors (Lipinski definition) is 0. The lowest BCUT2D eigenvalue weighted by Crippen LogP contribution is -2.47. The topological polar surface area (TPSA) is 42.0 Å². The first-order chi connectivity index (χ1) is 12.1. The van der Waals surface area contributed by atoms with E-state index >= 15 is 0 Å². The standard InChI is InChI=1S/C20H30N2O3/c1-15(17-6-4-5-7-19(17)24-3)12-20(23)22-13-16(2)18(14-22)21-8-10-25-11-9-21/h4-7,15-16,18H,8-14H2,1-3H3/t15-,16-,18+/m1/s1. The highest BCUT2D eigenvalue weighted by Crippen LogP contribution is 2.30. The largest absolute Gasteiger partial charge is 0.496 e. The van der Waals surface area contributed by atoms with Crippen LogP contribution in [0.1, 0.15) is 31.7 Å². The summed E-state index contributed by atoms with van der Waals surface area (Å²) >= 11 is 0. The second kappa shape index (κ2) is 8.19. The van der Waals surface area contributed by atoms with Crippen molar-refractivity contribution in [1.82, 2.24) is 9.80 Å². The van der Waals surface area contributed by atoms with Gasteiger partial charge in [-0.1, -0.05) is 32.0 Å². The lowest BCUT2D eigenvalue weighted by molar-refractivity contribution is -0.130. The molecule has 2 aliphatic rings. The van der Waals surface area contributed by atoms with Crippen molar-refractivity contribution in [3.05, 3.63) is 29.8 Å². The molecule has 0 saturated carbocycles. The van der Waals surface area contributed by atoms with Crippen LogP contribution in [0.3, 0.4) is 0 Å². The molecule has 25 heavy (non-hydrogen) atoms. The van der Waals surface area contributed by atoms with Crippen molar-refractivity contribution >= 4 is 5.91 Å². The zero-order valence-electron chi connectivity index (χ0n) is 15.6. The van der Waals surface area contributed by atoms with E-state index in [1.807, 2.05) is 18.2 Å². The summed E-state index contributed by atoms with van der Waals surface area (Å²) in [6.07, 6.45) is 0.531. The van der Waals surface area contributed by atoms with Gasteiger partial charge in [0.15, 0.2) is 0 Å². The van der Waals surface area contributed by atoms with Crippen molar-refractivity contribution in [2.24, 2.45) is 5.92 Å². The molecule has 0 N–H and O–H groups in total. The van der Waals surface area contributed by atoms with Crippen molar-refractivity contribution in [1.29, 1.82) is 0 Å². The molecular weight excluding hydrogens is 316 g/mol. The fourth-order valence-corrected chi connectivity index (χ4v) is 4.11. The minimum Gasteiger partial charge on any atom is -0.496 e. The number of rotatable bonds is 5. The Labute approximate surface area is 150 Å². The van der Waals surface area contributed by atoms with Crippen molar-refractivity contribution < 1.29 is 14.3 Å². The van der Waals surface area contributed by atoms with Gasteiger partial charge in [0.05, 0.1) is 20.3 Å². The Bertz CT molecular complexity index is 586. The molecule has 2 fully saturated rings. The first kappa shape index (κ1) is 18.2. The third-order valence-electron chi connectivity index (χ3n) is 5.59. The van der Waals surface area contributed by atoms with E-state index in [0.717, 1.165) is 50.7 Å². The number of morpholine rings is 1. The summed E-state index contributed by atoms with van der Waals surface area (Å²) in [6, 6.07) is 8.45. The van der Waals surface area contributed by atoms with Gasteiger partial charge in [-0.25, -0.2) is 0 Å². The van der Waals surface area contributed by atoms with E-state index in [9.17, 15) is 4.79 Å². The van der Waals surface area contributed by atoms with Gasteiger partial charge in [-0.3, -0.25) is 9.69 Å². The van der Waals surface area contributed by atoms with Gasteiger partial charge >= 0.3 is 0 Å². The van der Waals surface area contributed by atoms with Crippen LogP contribution in [0, 0.1) is 5.92 Å². The van der Waals surface area contributed by atoms with Crippen LogP contribution in [-0.4, -0.2) is 68.3 Å². The summed E-state index contributed by atoms with van der Waals surface area (Å²) in [6.45, 7) is 9.65. The van der Waals surface area contributed by atoms with Crippen LogP contribution in [-0.2, 0) is 9.53 Å². The molecule has 138 valence electrons. The molecule has 2 saturated heterocycles. The van der Waals surface area contributed by atoms with Gasteiger partial charge in [-0.05, 0) is 23.5 Å². The lowest BCUT2D eigenvalue weighted by Gasteiger charge is -2.34. The van der Waals surface area contributed by atoms with Crippen LogP contribution in [0.5, 0.6) is 5.75 Å². The number of nitrogens with zero attached hydrogens (tertiary/aromatic N) is 2. The summed E-state index contributed by atoms with van der Waals surface area (Å²) < 4.78 is 10.9. The number of ether oxygens (including phenoxy) is 2. The normalized spacial score (nSPS) is 25.8. The summed E-state index contributed by atoms with van der Waals surface area (Å²) in [5.41, 5.74) is 1.11. The minimum atomic E-state index is 0.154. The van der Waals surface area contributed by atoms with Crippen LogP contribution in [0.15, 0.2) is 24.3 Å². The Morgan fingerprint density at radius 2 is 2.00 bits per heavy atom. The Hall–Kier alpha value is -1.59. The second-order valence-electron chi connectivity index (χ2n) is 7.34. The third-order valence-corrected chi connectivity index (χ3v) is 5.59. The van der Waals surface area contributed by atoms with E-state index in [1.54, 1.807) is 7.11 Å². The fourth-order valence-electron chi connectivity index (χ4n) is 4.11. The molecule has 0 radical (unpaired) electrons. The quantitative estimate of drug-likeness (QED) is 0.821. The summed E-state index contributed by atoms with van der Waals surface area (Å²) in [4.78, 5) is 17.4. The maximum absolute atomic E-state index is 12.8. The predicted molar refractivity (Wildman–Crippen MR) is 98.0 cm³/mol. The van der Waals surface area contributed by atoms with E-state index in [1.165, 1.54) is 0 Å². The SMILES string of the molecule is COc1ccccc1[C@H](C)CC(=O)N1C[C@@H](C)[C@@H](N2CCOCC2)C1. The zero-order valence-corrected chi connectivity index (χ0v) is 15.6. The number of hydrogen-bond acceptors (Lipinski definition) is 4. The smallest absolute Gasteiger partial charge is 0.223 e. The molecule has 3 atom stereocenters. The Morgan fingerprint density at radius 1 is 1.28 bits per heavy atom. The van der Waals surface area contributed by atoms with E-state index in [-0.39, 0.29) is 11.8 Å². The summed E-state index contributed by atoms with van der Waals surface area (Å²) in [5, 5.41) is 0. The number of benzene rings is 1. The molecule has 1 amide bonds. The Kier molecular flexibility index (Phi) is 5.97. The number of para-hydroxylation sites is 1. The van der Waals surface area contributed by atoms with Crippen molar-refractivity contribution in [3.8, 4) is 5.75 Å². The number of likely N-dealkylation sites (tertiary alicyclic amines) is 1. The average molecular weight is 346 g/mol. The molecule has 0 unspecified atom stereocenters. The monoisotopic (exact) mass is 346 g/mol. The van der Waals surface area contributed by atoms with Gasteiger partial charge in [-0.15, -0.1) is 0 Å². The van der Waals surface area contributed by atoms with Crippen molar-refractivity contribution in [2.45, 2.75) is 32.2 Å². The van der Waals surface area contributed by atoms with Gasteiger partial charge < -0.3 is 14.4 Å². The molecule has 1 aromatic rings. The van der Waals surface area contributed by atoms with Gasteiger partial charge in [0.1, 0.15) is 5.75 Å². The van der Waals surface area contributed by atoms with Crippen LogP contribution in [0.25, 0.3) is 0 Å². The van der Waals surface area contributed by atoms with Gasteiger partial charge in [-0.2, -0.15) is 0 Å². The van der Waals surface area contributed by atoms with Gasteiger partial charge in [0, 0.05) is 38.6 Å². The van der Waals surface area contributed by atoms with Crippen LogP contribution >= 0.6 is 0 Å². The fraction of sp³-hybridized carbons (Fsp3) is 0.650. The number of amides is 1. The molecule has 5 nitrogen and oxygen atoms in total. The summed E-state index contributed by atoms with van der Waals surface area (Å²) in [5.74, 6) is 1.79. The molecule has 2 aliphatic heterocycles. The molecule has 3 rings (SSSR count). The van der Waals surface area contributed by atoms with Crippen molar-refractivity contribution in [2.75, 3.05) is 46.5 Å². The zero-order chi connectivity index (χ0) is 17.8. The highest BCUT2D eigenvalue weighted by atomic mass is 16.5.